The van der Waals surface area contributed by atoms with Crippen LogP contribution < -0.4 is 5.32 Å². The quantitative estimate of drug-likeness (QED) is 0.239. The molecule has 3 aromatic rings. The van der Waals surface area contributed by atoms with Gasteiger partial charge in [0.2, 0.25) is 0 Å². The van der Waals surface area contributed by atoms with Crippen LogP contribution in [0.15, 0.2) is 86.2 Å². The summed E-state index contributed by atoms with van der Waals surface area (Å²) < 4.78 is 0. The molecule has 0 aliphatic rings. The van der Waals surface area contributed by atoms with E-state index in [4.69, 9.17) is 5.11 Å². The number of nitrogens with one attached hydrogen (secondary N) is 1. The van der Waals surface area contributed by atoms with Gasteiger partial charge in [0.15, 0.2) is 0 Å². The third-order valence-electron chi connectivity index (χ3n) is 4.34. The predicted molar refractivity (Wildman–Crippen MR) is 122 cm³/mol. The molecule has 3 aromatic carbocycles. The molecule has 156 valence electrons. The first kappa shape index (κ1) is 21.6. The van der Waals surface area contributed by atoms with Crippen LogP contribution in [0, 0.1) is 16.7 Å². The fraction of sp³-hybridized carbons (Fsp3) is 0.136. The number of benzene rings is 3. The van der Waals surface area contributed by atoms with Gasteiger partial charge in [-0.05, 0) is 83.5 Å². The third-order valence-corrected chi connectivity index (χ3v) is 4.34. The highest BCUT2D eigenvalue weighted by atomic mass is 16.3. The van der Waals surface area contributed by atoms with Crippen molar-refractivity contribution in [2.75, 3.05) is 18.5 Å². The van der Waals surface area contributed by atoms with Gasteiger partial charge in [0.1, 0.15) is 11.4 Å². The zero-order valence-corrected chi connectivity index (χ0v) is 16.8. The summed E-state index contributed by atoms with van der Waals surface area (Å²) in [7, 11) is 0. The maximum absolute atomic E-state index is 11.1. The Balaban J connectivity index is 1.68. The third kappa shape index (κ3) is 5.94. The van der Waals surface area contributed by atoms with E-state index in [0.29, 0.717) is 34.7 Å². The van der Waals surface area contributed by atoms with Gasteiger partial charge < -0.3 is 10.4 Å². The van der Waals surface area contributed by atoms with Crippen LogP contribution in [-0.2, 0) is 0 Å². The summed E-state index contributed by atoms with van der Waals surface area (Å²) in [5.74, 6) is 0. The minimum atomic E-state index is 0.0696. The second-order valence-electron chi connectivity index (χ2n) is 6.55. The number of aliphatic hydroxyl groups excluding tert-OH is 1. The Morgan fingerprint density at radius 3 is 2.03 bits per heavy atom. The summed E-state index contributed by atoms with van der Waals surface area (Å²) in [5, 5.41) is 26.1. The van der Waals surface area contributed by atoms with Gasteiger partial charge >= 0.3 is 0 Å². The standard InChI is InChI=1S/C22H20N6O3/c1-15-12-20(27-30)13-22(28-31)21(15)14-24-17-4-8-19(9-5-17)26-25-18-6-2-16(3-7-18)23-10-11-29/h2-9,12-14,23,29H,10-11H2,1H3. The number of hydrogen-bond donors (Lipinski definition) is 2. The molecule has 0 amide bonds. The molecule has 9 nitrogen and oxygen atoms in total. The van der Waals surface area contributed by atoms with E-state index in [1.807, 2.05) is 24.3 Å². The van der Waals surface area contributed by atoms with Crippen molar-refractivity contribution in [3.05, 3.63) is 81.6 Å². The fourth-order valence-electron chi connectivity index (χ4n) is 2.76. The van der Waals surface area contributed by atoms with Crippen molar-refractivity contribution >= 4 is 40.3 Å². The van der Waals surface area contributed by atoms with E-state index in [1.54, 1.807) is 37.3 Å². The first-order valence-corrected chi connectivity index (χ1v) is 9.45. The Bertz CT molecular complexity index is 1110. The van der Waals surface area contributed by atoms with E-state index < -0.39 is 0 Å². The SMILES string of the molecule is Cc1cc(N=O)cc(N=O)c1C=Nc1ccc(N=Nc2ccc(NCCO)cc2)cc1. The van der Waals surface area contributed by atoms with Crippen LogP contribution in [0.1, 0.15) is 11.1 Å². The highest BCUT2D eigenvalue weighted by molar-refractivity contribution is 5.91. The zero-order valence-electron chi connectivity index (χ0n) is 16.8. The van der Waals surface area contributed by atoms with Crippen molar-refractivity contribution in [2.45, 2.75) is 6.92 Å². The smallest absolute Gasteiger partial charge is 0.119 e. The molecule has 0 spiro atoms. The van der Waals surface area contributed by atoms with E-state index in [0.717, 1.165) is 5.69 Å². The van der Waals surface area contributed by atoms with Crippen molar-refractivity contribution < 1.29 is 5.11 Å². The molecule has 31 heavy (non-hydrogen) atoms. The molecule has 0 radical (unpaired) electrons. The lowest BCUT2D eigenvalue weighted by molar-refractivity contribution is 0.311. The zero-order chi connectivity index (χ0) is 22.1. The number of nitroso groups, excluding NO2 is 2. The molecule has 0 aliphatic heterocycles. The van der Waals surface area contributed by atoms with Crippen LogP contribution in [0.5, 0.6) is 0 Å². The Labute approximate surface area is 178 Å². The number of aliphatic imine (C=N–C) groups is 1. The Morgan fingerprint density at radius 2 is 1.45 bits per heavy atom. The summed E-state index contributed by atoms with van der Waals surface area (Å²) in [4.78, 5) is 26.1. The lowest BCUT2D eigenvalue weighted by atomic mass is 10.1. The van der Waals surface area contributed by atoms with Crippen molar-refractivity contribution in [3.63, 3.8) is 0 Å². The monoisotopic (exact) mass is 416 g/mol. The molecule has 9 heteroatoms. The van der Waals surface area contributed by atoms with Gasteiger partial charge in [-0.15, -0.1) is 9.81 Å². The Hall–Kier alpha value is -4.11. The summed E-state index contributed by atoms with van der Waals surface area (Å²) in [6.45, 7) is 2.31. The van der Waals surface area contributed by atoms with E-state index in [9.17, 15) is 9.81 Å². The molecular formula is C22H20N6O3. The highest BCUT2D eigenvalue weighted by Crippen LogP contribution is 2.29. The van der Waals surface area contributed by atoms with Crippen LogP contribution in [-0.4, -0.2) is 24.5 Å². The number of azo groups is 1. The molecule has 0 bridgehead atoms. The topological polar surface area (TPSA) is 128 Å². The number of anilines is 1. The van der Waals surface area contributed by atoms with Gasteiger partial charge in [0, 0.05) is 24.0 Å². The molecule has 0 aliphatic carbocycles. The first-order valence-electron chi connectivity index (χ1n) is 9.45. The van der Waals surface area contributed by atoms with Crippen LogP contribution in [0.3, 0.4) is 0 Å². The molecule has 0 unspecified atom stereocenters. The van der Waals surface area contributed by atoms with E-state index >= 15 is 0 Å². The summed E-state index contributed by atoms with van der Waals surface area (Å²) in [6.07, 6.45) is 1.53. The molecule has 0 saturated carbocycles. The van der Waals surface area contributed by atoms with E-state index in [1.165, 1.54) is 12.3 Å². The molecule has 0 saturated heterocycles. The maximum atomic E-state index is 11.1. The van der Waals surface area contributed by atoms with Gasteiger partial charge in [-0.2, -0.15) is 10.2 Å². The Morgan fingerprint density at radius 1 is 0.839 bits per heavy atom. The fourth-order valence-corrected chi connectivity index (χ4v) is 2.76. The van der Waals surface area contributed by atoms with Crippen molar-refractivity contribution in [3.8, 4) is 0 Å². The molecule has 0 fully saturated rings. The summed E-state index contributed by atoms with van der Waals surface area (Å²) in [6, 6.07) is 17.4. The molecule has 0 aromatic heterocycles. The summed E-state index contributed by atoms with van der Waals surface area (Å²) in [5.41, 5.74) is 4.39. The van der Waals surface area contributed by atoms with Crippen LogP contribution in [0.2, 0.25) is 0 Å². The maximum Gasteiger partial charge on any atom is 0.119 e. The lowest BCUT2D eigenvalue weighted by Crippen LogP contribution is -2.04. The van der Waals surface area contributed by atoms with Crippen LogP contribution in [0.25, 0.3) is 0 Å². The lowest BCUT2D eigenvalue weighted by Gasteiger charge is -2.03. The second-order valence-corrected chi connectivity index (χ2v) is 6.55. The predicted octanol–water partition coefficient (Wildman–Crippen LogP) is 6.36. The molecule has 0 heterocycles. The average Bonchev–Trinajstić information content (AvgIpc) is 2.81. The van der Waals surface area contributed by atoms with Gasteiger partial charge in [0.05, 0.1) is 23.7 Å². The largest absolute Gasteiger partial charge is 0.395 e. The van der Waals surface area contributed by atoms with Crippen LogP contribution >= 0.6 is 0 Å². The number of rotatable bonds is 9. The van der Waals surface area contributed by atoms with Gasteiger partial charge in [-0.3, -0.25) is 4.99 Å². The minimum absolute atomic E-state index is 0.0696. The number of hydrogen-bond acceptors (Lipinski definition) is 9. The van der Waals surface area contributed by atoms with Crippen molar-refractivity contribution in [1.29, 1.82) is 0 Å². The normalized spacial score (nSPS) is 11.2. The average molecular weight is 416 g/mol. The number of aliphatic hydroxyl groups is 1. The summed E-state index contributed by atoms with van der Waals surface area (Å²) >= 11 is 0. The molecule has 0 atom stereocenters. The minimum Gasteiger partial charge on any atom is -0.395 e. The number of aryl methyl sites for hydroxylation is 1. The molecule has 2 N–H and O–H groups in total. The van der Waals surface area contributed by atoms with Gasteiger partial charge in [0.25, 0.3) is 0 Å². The van der Waals surface area contributed by atoms with Crippen molar-refractivity contribution in [2.24, 2.45) is 25.6 Å². The van der Waals surface area contributed by atoms with Crippen molar-refractivity contribution in [1.82, 2.24) is 0 Å². The molecule has 3 rings (SSSR count). The van der Waals surface area contributed by atoms with Gasteiger partial charge in [-0.1, -0.05) is 0 Å². The molecular weight excluding hydrogens is 396 g/mol. The second kappa shape index (κ2) is 10.6. The Kier molecular flexibility index (Phi) is 7.39. The van der Waals surface area contributed by atoms with E-state index in [-0.39, 0.29) is 18.0 Å². The number of nitrogens with zero attached hydrogens (tertiary/aromatic N) is 5. The van der Waals surface area contributed by atoms with Gasteiger partial charge in [-0.25, -0.2) is 0 Å². The van der Waals surface area contributed by atoms with Crippen LogP contribution in [0.4, 0.5) is 34.1 Å². The van der Waals surface area contributed by atoms with E-state index in [2.05, 4.69) is 30.9 Å². The first-order chi connectivity index (χ1) is 15.1. The highest BCUT2D eigenvalue weighted by Gasteiger charge is 2.08.